The zero-order valence-electron chi connectivity index (χ0n) is 15.6. The van der Waals surface area contributed by atoms with Crippen molar-refractivity contribution in [2.24, 2.45) is 17.6 Å². The Morgan fingerprint density at radius 2 is 1.85 bits per heavy atom. The number of piperidine rings is 2. The van der Waals surface area contributed by atoms with E-state index < -0.39 is 0 Å². The molecule has 1 aromatic rings. The number of carbonyl (C=O) groups is 1. The van der Waals surface area contributed by atoms with Crippen LogP contribution in [0.25, 0.3) is 0 Å². The number of nitriles is 1. The predicted molar refractivity (Wildman–Crippen MR) is 99.3 cm³/mol. The summed E-state index contributed by atoms with van der Waals surface area (Å²) in [5.41, 5.74) is 8.10. The van der Waals surface area contributed by atoms with Gasteiger partial charge >= 0.3 is 6.09 Å². The van der Waals surface area contributed by atoms with Gasteiger partial charge in [-0.3, -0.25) is 0 Å². The van der Waals surface area contributed by atoms with Crippen molar-refractivity contribution in [2.75, 3.05) is 32.7 Å². The zero-order chi connectivity index (χ0) is 18.7. The van der Waals surface area contributed by atoms with Crippen LogP contribution in [0.1, 0.15) is 37.4 Å². The van der Waals surface area contributed by atoms with Gasteiger partial charge in [-0.2, -0.15) is 5.26 Å². The van der Waals surface area contributed by atoms with Crippen molar-refractivity contribution in [3.63, 3.8) is 0 Å². The van der Waals surface area contributed by atoms with Crippen LogP contribution in [0, 0.1) is 23.2 Å². The highest BCUT2D eigenvalue weighted by Crippen LogP contribution is 2.30. The van der Waals surface area contributed by atoms with E-state index in [2.05, 4.69) is 11.0 Å². The van der Waals surface area contributed by atoms with E-state index in [1.165, 1.54) is 6.42 Å². The van der Waals surface area contributed by atoms with Crippen molar-refractivity contribution in [3.05, 3.63) is 35.4 Å². The predicted octanol–water partition coefficient (Wildman–Crippen LogP) is 2.36. The van der Waals surface area contributed by atoms with Gasteiger partial charge in [0.05, 0.1) is 17.7 Å². The van der Waals surface area contributed by atoms with Crippen LogP contribution in [0.15, 0.2) is 24.3 Å². The topological polar surface area (TPSA) is 82.6 Å². The lowest BCUT2D eigenvalue weighted by Gasteiger charge is -2.46. The molecule has 0 aromatic heterocycles. The van der Waals surface area contributed by atoms with Crippen molar-refractivity contribution < 1.29 is 9.53 Å². The van der Waals surface area contributed by atoms with Crippen LogP contribution in [-0.2, 0) is 4.74 Å². The third-order valence-corrected chi connectivity index (χ3v) is 5.17. The zero-order valence-corrected chi connectivity index (χ0v) is 15.6. The number of benzene rings is 1. The summed E-state index contributed by atoms with van der Waals surface area (Å²) in [5.74, 6) is 0.964. The molecule has 2 N–H and O–H groups in total. The minimum atomic E-state index is -0.183. The lowest BCUT2D eigenvalue weighted by Crippen LogP contribution is -2.55. The average Bonchev–Trinajstić information content (AvgIpc) is 2.60. The summed E-state index contributed by atoms with van der Waals surface area (Å²) in [5, 5.41) is 8.90. The fourth-order valence-electron chi connectivity index (χ4n) is 4.15. The molecule has 0 spiro atoms. The highest BCUT2D eigenvalue weighted by Gasteiger charge is 2.36. The van der Waals surface area contributed by atoms with Crippen LogP contribution in [0.5, 0.6) is 0 Å². The Labute approximate surface area is 155 Å². The van der Waals surface area contributed by atoms with Gasteiger partial charge in [-0.05, 0) is 49.8 Å². The molecule has 0 radical (unpaired) electrons. The molecule has 2 fully saturated rings. The monoisotopic (exact) mass is 356 g/mol. The highest BCUT2D eigenvalue weighted by molar-refractivity contribution is 5.68. The highest BCUT2D eigenvalue weighted by atomic mass is 16.6. The third-order valence-electron chi connectivity index (χ3n) is 5.17. The van der Waals surface area contributed by atoms with E-state index in [1.807, 2.05) is 43.0 Å². The number of fused-ring (bicyclic) bond motifs is 2. The van der Waals surface area contributed by atoms with Crippen molar-refractivity contribution in [1.29, 1.82) is 5.26 Å². The van der Waals surface area contributed by atoms with Crippen LogP contribution < -0.4 is 5.73 Å². The number of hydrogen-bond acceptors (Lipinski definition) is 5. The molecule has 6 nitrogen and oxygen atoms in total. The van der Waals surface area contributed by atoms with Gasteiger partial charge in [-0.1, -0.05) is 12.1 Å². The number of carbonyl (C=O) groups excluding carboxylic acids is 1. The maximum Gasteiger partial charge on any atom is 0.410 e. The summed E-state index contributed by atoms with van der Waals surface area (Å²) < 4.78 is 5.35. The van der Waals surface area contributed by atoms with Crippen molar-refractivity contribution in [2.45, 2.75) is 32.4 Å². The molecule has 3 atom stereocenters. The molecule has 26 heavy (non-hydrogen) atoms. The van der Waals surface area contributed by atoms with Gasteiger partial charge in [0.1, 0.15) is 0 Å². The Hall–Kier alpha value is -2.10. The van der Waals surface area contributed by atoms with E-state index in [-0.39, 0.29) is 18.2 Å². The Morgan fingerprint density at radius 1 is 1.23 bits per heavy atom. The Bertz CT molecular complexity index is 653. The summed E-state index contributed by atoms with van der Waals surface area (Å²) in [6.07, 6.45) is 0.914. The molecule has 0 saturated carbocycles. The normalized spacial score (nSPS) is 24.2. The lowest BCUT2D eigenvalue weighted by atomic mass is 9.84. The van der Waals surface area contributed by atoms with Gasteiger partial charge in [-0.15, -0.1) is 0 Å². The van der Waals surface area contributed by atoms with Crippen LogP contribution in [0.2, 0.25) is 0 Å². The number of amides is 1. The van der Waals surface area contributed by atoms with Gasteiger partial charge in [0, 0.05) is 38.8 Å². The van der Waals surface area contributed by atoms with Crippen LogP contribution >= 0.6 is 0 Å². The summed E-state index contributed by atoms with van der Waals surface area (Å²) in [7, 11) is 0. The molecule has 2 bridgehead atoms. The molecule has 140 valence electrons. The van der Waals surface area contributed by atoms with E-state index >= 15 is 0 Å². The van der Waals surface area contributed by atoms with E-state index in [0.29, 0.717) is 17.4 Å². The quantitative estimate of drug-likeness (QED) is 0.895. The number of nitrogens with zero attached hydrogens (tertiary/aromatic N) is 3. The maximum atomic E-state index is 12.2. The van der Waals surface area contributed by atoms with Crippen LogP contribution in [0.4, 0.5) is 4.79 Å². The molecule has 2 aliphatic heterocycles. The van der Waals surface area contributed by atoms with Crippen LogP contribution in [0.3, 0.4) is 0 Å². The molecular weight excluding hydrogens is 328 g/mol. The minimum absolute atomic E-state index is 0.0661. The first-order valence-corrected chi connectivity index (χ1v) is 9.38. The van der Waals surface area contributed by atoms with E-state index in [1.54, 1.807) is 0 Å². The first-order chi connectivity index (χ1) is 12.4. The summed E-state index contributed by atoms with van der Waals surface area (Å²) in [4.78, 5) is 16.5. The fourth-order valence-corrected chi connectivity index (χ4v) is 4.15. The van der Waals surface area contributed by atoms with Crippen molar-refractivity contribution in [3.8, 4) is 6.07 Å². The summed E-state index contributed by atoms with van der Waals surface area (Å²) in [6.45, 7) is 8.03. The largest absolute Gasteiger partial charge is 0.447 e. The first-order valence-electron chi connectivity index (χ1n) is 9.38. The Morgan fingerprint density at radius 3 is 2.38 bits per heavy atom. The number of ether oxygens (including phenoxy) is 1. The van der Waals surface area contributed by atoms with Gasteiger partial charge in [-0.25, -0.2) is 4.79 Å². The maximum absolute atomic E-state index is 12.2. The SMILES string of the molecule is CC(C)OC(=O)N1CC2CC(CN(CC(N)c3ccc(C#N)cc3)C2)C1. The van der Waals surface area contributed by atoms with Crippen molar-refractivity contribution >= 4 is 6.09 Å². The second-order valence-corrected chi connectivity index (χ2v) is 7.86. The van der Waals surface area contributed by atoms with Gasteiger partial charge in [0.15, 0.2) is 0 Å². The standard InChI is InChI=1S/C20H28N4O2/c1-14(2)26-20(25)24-11-16-7-17(12-24)10-23(9-16)13-19(22)18-5-3-15(8-21)4-6-18/h3-6,14,16-17,19H,7,9-13,22H2,1-2H3. The molecular formula is C20H28N4O2. The first kappa shape index (κ1) is 18.7. The van der Waals surface area contributed by atoms with Crippen molar-refractivity contribution in [1.82, 2.24) is 9.80 Å². The molecule has 2 saturated heterocycles. The lowest BCUT2D eigenvalue weighted by molar-refractivity contribution is 0.0126. The molecule has 6 heteroatoms. The minimum Gasteiger partial charge on any atom is -0.447 e. The molecule has 3 unspecified atom stereocenters. The molecule has 1 amide bonds. The third kappa shape index (κ3) is 4.54. The van der Waals surface area contributed by atoms with Gasteiger partial charge in [0.25, 0.3) is 0 Å². The second-order valence-electron chi connectivity index (χ2n) is 7.86. The van der Waals surface area contributed by atoms with Crippen LogP contribution in [-0.4, -0.2) is 54.7 Å². The molecule has 3 rings (SSSR count). The molecule has 0 aliphatic carbocycles. The number of hydrogen-bond donors (Lipinski definition) is 1. The molecule has 2 aliphatic rings. The number of nitrogens with two attached hydrogens (primary N) is 1. The summed E-state index contributed by atoms with van der Waals surface area (Å²) >= 11 is 0. The van der Waals surface area contributed by atoms with E-state index in [9.17, 15) is 4.79 Å². The fraction of sp³-hybridized carbons (Fsp3) is 0.600. The number of rotatable bonds is 4. The average molecular weight is 356 g/mol. The summed E-state index contributed by atoms with van der Waals surface area (Å²) in [6, 6.07) is 9.59. The second kappa shape index (κ2) is 8.07. The smallest absolute Gasteiger partial charge is 0.410 e. The number of likely N-dealkylation sites (tertiary alicyclic amines) is 2. The van der Waals surface area contributed by atoms with E-state index in [0.717, 1.165) is 38.3 Å². The molecule has 2 heterocycles. The Kier molecular flexibility index (Phi) is 5.80. The van der Waals surface area contributed by atoms with E-state index in [4.69, 9.17) is 15.7 Å². The van der Waals surface area contributed by atoms with Gasteiger partial charge < -0.3 is 20.3 Å². The Balaban J connectivity index is 1.55. The molecule has 1 aromatic carbocycles. The van der Waals surface area contributed by atoms with Gasteiger partial charge in [0.2, 0.25) is 0 Å².